The molecule has 31 heavy (non-hydrogen) atoms. The molecule has 3 aromatic heterocycles. The van der Waals surface area contributed by atoms with Crippen molar-refractivity contribution in [1.82, 2.24) is 29.9 Å². The molecule has 0 amide bonds. The molecule has 0 aliphatic heterocycles. The Labute approximate surface area is 181 Å². The van der Waals surface area contributed by atoms with Gasteiger partial charge in [-0.1, -0.05) is 18.2 Å². The highest BCUT2D eigenvalue weighted by Gasteiger charge is 2.31. The van der Waals surface area contributed by atoms with Crippen molar-refractivity contribution in [2.75, 3.05) is 0 Å². The molecule has 6 rings (SSSR count). The zero-order valence-electron chi connectivity index (χ0n) is 17.8. The summed E-state index contributed by atoms with van der Waals surface area (Å²) in [6.45, 7) is 2.93. The van der Waals surface area contributed by atoms with E-state index in [4.69, 9.17) is 0 Å². The van der Waals surface area contributed by atoms with Crippen LogP contribution in [-0.2, 0) is 13.0 Å². The topological polar surface area (TPSA) is 72.3 Å². The molecule has 1 N–H and O–H groups in total. The van der Waals surface area contributed by atoms with E-state index in [1.165, 1.54) is 32.1 Å². The molecule has 1 atom stereocenters. The van der Waals surface area contributed by atoms with Crippen molar-refractivity contribution in [1.29, 1.82) is 0 Å². The normalized spacial score (nSPS) is 18.2. The molecule has 6 nitrogen and oxygen atoms in total. The van der Waals surface area contributed by atoms with Crippen LogP contribution in [0.3, 0.4) is 0 Å². The Morgan fingerprint density at radius 1 is 1.06 bits per heavy atom. The Hall–Kier alpha value is -3.28. The van der Waals surface area contributed by atoms with Gasteiger partial charge in [-0.05, 0) is 73.8 Å². The molecule has 1 saturated carbocycles. The molecule has 0 saturated heterocycles. The molecular formula is C25H26N6. The molecule has 2 aliphatic rings. The number of aromatic nitrogens is 6. The molecule has 1 fully saturated rings. The first kappa shape index (κ1) is 18.5. The predicted octanol–water partition coefficient (Wildman–Crippen LogP) is 5.04. The van der Waals surface area contributed by atoms with E-state index in [9.17, 15) is 0 Å². The van der Waals surface area contributed by atoms with Crippen LogP contribution < -0.4 is 0 Å². The van der Waals surface area contributed by atoms with Crippen LogP contribution in [0.5, 0.6) is 0 Å². The van der Waals surface area contributed by atoms with Crippen molar-refractivity contribution in [3.05, 3.63) is 71.4 Å². The van der Waals surface area contributed by atoms with Crippen molar-refractivity contribution in [3.63, 3.8) is 0 Å². The van der Waals surface area contributed by atoms with Crippen LogP contribution in [0.4, 0.5) is 0 Å². The van der Waals surface area contributed by atoms with Crippen LogP contribution in [0.15, 0.2) is 49.1 Å². The Morgan fingerprint density at radius 3 is 2.84 bits per heavy atom. The van der Waals surface area contributed by atoms with Gasteiger partial charge >= 0.3 is 0 Å². The summed E-state index contributed by atoms with van der Waals surface area (Å²) in [5.41, 5.74) is 9.31. The van der Waals surface area contributed by atoms with E-state index in [1.807, 2.05) is 31.6 Å². The molecule has 6 heteroatoms. The fourth-order valence-electron chi connectivity index (χ4n) is 5.09. The van der Waals surface area contributed by atoms with Gasteiger partial charge in [-0.2, -0.15) is 15.4 Å². The minimum absolute atomic E-state index is 0.569. The number of hydrogen-bond acceptors (Lipinski definition) is 4. The van der Waals surface area contributed by atoms with Crippen LogP contribution in [0.2, 0.25) is 0 Å². The van der Waals surface area contributed by atoms with Gasteiger partial charge in [0.15, 0.2) is 0 Å². The van der Waals surface area contributed by atoms with Crippen LogP contribution in [0.1, 0.15) is 59.9 Å². The second kappa shape index (κ2) is 7.45. The third-order valence-corrected chi connectivity index (χ3v) is 6.74. The standard InChI is InChI=1S/C25H26N6/c1-16-25(29-30-28-16)19-10-11-26-22(12-19)23-14-31(15-27-23)13-20-6-2-4-18-5-3-7-21(24(18)20)17-8-9-17/h3,5,7,10-12,14-15,17,20H,2,4,6,8-9,13H2,1H3,(H,28,29,30)/t20-/m1/s1. The lowest BCUT2D eigenvalue weighted by Crippen LogP contribution is -2.17. The van der Waals surface area contributed by atoms with E-state index in [1.54, 1.807) is 16.7 Å². The van der Waals surface area contributed by atoms with Gasteiger partial charge in [0.05, 0.1) is 17.7 Å². The second-order valence-electron chi connectivity index (χ2n) is 8.93. The Morgan fingerprint density at radius 2 is 2.00 bits per heavy atom. The number of aryl methyl sites for hydroxylation is 2. The minimum Gasteiger partial charge on any atom is -0.336 e. The maximum atomic E-state index is 4.68. The predicted molar refractivity (Wildman–Crippen MR) is 120 cm³/mol. The summed E-state index contributed by atoms with van der Waals surface area (Å²) in [4.78, 5) is 9.24. The van der Waals surface area contributed by atoms with Crippen molar-refractivity contribution in [2.45, 2.75) is 57.4 Å². The summed E-state index contributed by atoms with van der Waals surface area (Å²) < 4.78 is 2.24. The van der Waals surface area contributed by atoms with Gasteiger partial charge in [0, 0.05) is 30.4 Å². The lowest BCUT2D eigenvalue weighted by atomic mass is 9.79. The maximum Gasteiger partial charge on any atom is 0.115 e. The van der Waals surface area contributed by atoms with E-state index in [0.717, 1.165) is 40.8 Å². The highest BCUT2D eigenvalue weighted by atomic mass is 15.3. The van der Waals surface area contributed by atoms with Gasteiger partial charge in [-0.15, -0.1) is 0 Å². The number of imidazole rings is 1. The van der Waals surface area contributed by atoms with Crippen LogP contribution in [-0.4, -0.2) is 29.9 Å². The largest absolute Gasteiger partial charge is 0.336 e. The van der Waals surface area contributed by atoms with Gasteiger partial charge in [-0.25, -0.2) is 4.98 Å². The molecule has 3 heterocycles. The molecule has 2 aliphatic carbocycles. The summed E-state index contributed by atoms with van der Waals surface area (Å²) in [6, 6.07) is 11.0. The molecular weight excluding hydrogens is 384 g/mol. The molecule has 1 aromatic carbocycles. The number of nitrogens with one attached hydrogen (secondary N) is 1. The molecule has 156 valence electrons. The van der Waals surface area contributed by atoms with Crippen molar-refractivity contribution < 1.29 is 0 Å². The van der Waals surface area contributed by atoms with Crippen LogP contribution >= 0.6 is 0 Å². The number of pyridine rings is 1. The SMILES string of the molecule is Cc1n[nH]nc1-c1ccnc(-c2cn(C[C@H]3CCCc4cccc(C5CC5)c43)cn2)c1. The second-order valence-corrected chi connectivity index (χ2v) is 8.93. The molecule has 4 aromatic rings. The average molecular weight is 411 g/mol. The molecule has 0 unspecified atom stereocenters. The zero-order chi connectivity index (χ0) is 20.8. The highest BCUT2D eigenvalue weighted by Crippen LogP contribution is 2.46. The monoisotopic (exact) mass is 410 g/mol. The van der Waals surface area contributed by atoms with Gasteiger partial charge < -0.3 is 4.57 Å². The van der Waals surface area contributed by atoms with E-state index >= 15 is 0 Å². The fourth-order valence-corrected chi connectivity index (χ4v) is 5.09. The Bertz CT molecular complexity index is 1230. The van der Waals surface area contributed by atoms with Gasteiger partial charge in [0.25, 0.3) is 0 Å². The number of benzene rings is 1. The third-order valence-electron chi connectivity index (χ3n) is 6.74. The number of aromatic amines is 1. The molecule has 0 bridgehead atoms. The Kier molecular flexibility index (Phi) is 4.44. The lowest BCUT2D eigenvalue weighted by molar-refractivity contribution is 0.479. The van der Waals surface area contributed by atoms with Gasteiger partial charge in [-0.3, -0.25) is 4.98 Å². The zero-order valence-corrected chi connectivity index (χ0v) is 17.8. The first-order chi connectivity index (χ1) is 15.3. The molecule has 0 radical (unpaired) electrons. The van der Waals surface area contributed by atoms with E-state index < -0.39 is 0 Å². The minimum atomic E-state index is 0.569. The van der Waals surface area contributed by atoms with E-state index in [0.29, 0.717) is 5.92 Å². The fraction of sp³-hybridized carbons (Fsp3) is 0.360. The number of rotatable bonds is 5. The van der Waals surface area contributed by atoms with E-state index in [2.05, 4.69) is 54.3 Å². The lowest BCUT2D eigenvalue weighted by Gasteiger charge is -2.28. The van der Waals surface area contributed by atoms with Gasteiger partial charge in [0.2, 0.25) is 0 Å². The van der Waals surface area contributed by atoms with Crippen molar-refractivity contribution in [3.8, 4) is 22.6 Å². The average Bonchev–Trinajstić information content (AvgIpc) is 3.39. The molecule has 0 spiro atoms. The quantitative estimate of drug-likeness (QED) is 0.500. The van der Waals surface area contributed by atoms with Crippen LogP contribution in [0, 0.1) is 6.92 Å². The number of H-pyrrole nitrogens is 1. The van der Waals surface area contributed by atoms with Crippen LogP contribution in [0.25, 0.3) is 22.6 Å². The van der Waals surface area contributed by atoms with Gasteiger partial charge in [0.1, 0.15) is 11.4 Å². The first-order valence-electron chi connectivity index (χ1n) is 11.2. The third kappa shape index (κ3) is 3.46. The smallest absolute Gasteiger partial charge is 0.115 e. The summed E-state index contributed by atoms with van der Waals surface area (Å²) in [6.07, 6.45) is 12.4. The number of hydrogen-bond donors (Lipinski definition) is 1. The maximum absolute atomic E-state index is 4.68. The first-order valence-corrected chi connectivity index (χ1v) is 11.2. The summed E-state index contributed by atoms with van der Waals surface area (Å²) in [5.74, 6) is 1.36. The Balaban J connectivity index is 1.28. The van der Waals surface area contributed by atoms with E-state index in [-0.39, 0.29) is 0 Å². The summed E-state index contributed by atoms with van der Waals surface area (Å²) in [5, 5.41) is 11.1. The summed E-state index contributed by atoms with van der Waals surface area (Å²) in [7, 11) is 0. The highest BCUT2D eigenvalue weighted by molar-refractivity contribution is 5.67. The number of fused-ring (bicyclic) bond motifs is 1. The van der Waals surface area contributed by atoms with Crippen molar-refractivity contribution in [2.24, 2.45) is 0 Å². The van der Waals surface area contributed by atoms with Crippen molar-refractivity contribution >= 4 is 0 Å². The summed E-state index contributed by atoms with van der Waals surface area (Å²) >= 11 is 0. The number of nitrogens with zero attached hydrogens (tertiary/aromatic N) is 5.